The molecule has 0 heterocycles. The summed E-state index contributed by atoms with van der Waals surface area (Å²) in [6, 6.07) is 5.27. The first-order valence-corrected chi connectivity index (χ1v) is 8.87. The van der Waals surface area contributed by atoms with E-state index in [4.69, 9.17) is 0 Å². The third-order valence-corrected chi connectivity index (χ3v) is 6.38. The number of para-hydroxylation sites is 2. The Balaban J connectivity index is 2.66. The molecule has 25 heavy (non-hydrogen) atoms. The van der Waals surface area contributed by atoms with E-state index >= 15 is 0 Å². The molecule has 0 bridgehead atoms. The van der Waals surface area contributed by atoms with E-state index in [1.807, 2.05) is 0 Å². The highest BCUT2D eigenvalue weighted by molar-refractivity contribution is 7.94. The lowest BCUT2D eigenvalue weighted by molar-refractivity contribution is -0.526. The lowest BCUT2D eigenvalue weighted by Crippen LogP contribution is -2.53. The van der Waals surface area contributed by atoms with E-state index in [2.05, 4.69) is 0 Å². The Morgan fingerprint density at radius 1 is 1.24 bits per heavy atom. The van der Waals surface area contributed by atoms with Crippen molar-refractivity contribution in [1.29, 1.82) is 0 Å². The van der Waals surface area contributed by atoms with Crippen molar-refractivity contribution < 1.29 is 18.3 Å². The van der Waals surface area contributed by atoms with Gasteiger partial charge in [0.1, 0.15) is 5.69 Å². The summed E-state index contributed by atoms with van der Waals surface area (Å²) in [7, 11) is -4.57. The quantitative estimate of drug-likeness (QED) is 0.562. The summed E-state index contributed by atoms with van der Waals surface area (Å²) in [5.74, 6) is 0. The van der Waals surface area contributed by atoms with Crippen LogP contribution >= 0.6 is 0 Å². The highest BCUT2D eigenvalue weighted by Crippen LogP contribution is 2.37. The molecule has 1 aliphatic rings. The fraction of sp³-hybridized carbons (Fsp3) is 0.333. The van der Waals surface area contributed by atoms with Gasteiger partial charge in [0.05, 0.1) is 11.3 Å². The summed E-state index contributed by atoms with van der Waals surface area (Å²) in [4.78, 5) is 18.9. The van der Waals surface area contributed by atoms with Gasteiger partial charge in [0.15, 0.2) is 0 Å². The highest BCUT2D eigenvalue weighted by Gasteiger charge is 2.57. The number of rotatable bonds is 6. The molecule has 0 radical (unpaired) electrons. The molecule has 0 spiro atoms. The highest BCUT2D eigenvalue weighted by atomic mass is 32.2. The molecule has 1 unspecified atom stereocenters. The van der Waals surface area contributed by atoms with E-state index in [1.165, 1.54) is 37.3 Å². The number of allylic oxidation sites excluding steroid dienone is 2. The molecule has 134 valence electrons. The molecular weight excluding hydrogens is 350 g/mol. The predicted octanol–water partition coefficient (Wildman–Crippen LogP) is 2.63. The molecule has 9 nitrogen and oxygen atoms in total. The van der Waals surface area contributed by atoms with Gasteiger partial charge in [-0.1, -0.05) is 29.9 Å². The fourth-order valence-corrected chi connectivity index (χ4v) is 4.47. The van der Waals surface area contributed by atoms with Gasteiger partial charge in [-0.3, -0.25) is 24.5 Å². The Hall–Kier alpha value is -2.75. The number of sulfonamides is 1. The van der Waals surface area contributed by atoms with Gasteiger partial charge in [-0.2, -0.15) is 8.42 Å². The SMILES string of the molecule is CCN(c1ccccc1[N+](=O)[O-])S(=O)(=O)C1([N+](=O)[O-])C=CC(C)=CC1. The monoisotopic (exact) mass is 367 g/mol. The minimum absolute atomic E-state index is 0.181. The van der Waals surface area contributed by atoms with Crippen LogP contribution in [0.15, 0.2) is 48.1 Å². The number of hydrogen-bond donors (Lipinski definition) is 0. The molecule has 0 aromatic heterocycles. The summed E-state index contributed by atoms with van der Waals surface area (Å²) >= 11 is 0. The molecule has 1 aliphatic carbocycles. The average molecular weight is 367 g/mol. The second kappa shape index (κ2) is 6.63. The zero-order chi connectivity index (χ0) is 18.8. The van der Waals surface area contributed by atoms with E-state index in [9.17, 15) is 28.6 Å². The number of nitrogens with zero attached hydrogens (tertiary/aromatic N) is 3. The van der Waals surface area contributed by atoms with Gasteiger partial charge >= 0.3 is 14.9 Å². The number of anilines is 1. The van der Waals surface area contributed by atoms with Gasteiger partial charge in [0, 0.05) is 23.6 Å². The second-order valence-electron chi connectivity index (χ2n) is 5.50. The molecule has 0 amide bonds. The van der Waals surface area contributed by atoms with Gasteiger partial charge in [0.25, 0.3) is 5.69 Å². The van der Waals surface area contributed by atoms with Gasteiger partial charge in [-0.25, -0.2) is 0 Å². The van der Waals surface area contributed by atoms with Crippen molar-refractivity contribution in [3.63, 3.8) is 0 Å². The molecule has 1 atom stereocenters. The first-order chi connectivity index (χ1) is 11.7. The molecule has 0 fully saturated rings. The van der Waals surface area contributed by atoms with Crippen molar-refractivity contribution in [2.45, 2.75) is 25.1 Å². The largest absolute Gasteiger partial charge is 0.359 e. The Bertz CT molecular complexity index is 877. The minimum Gasteiger partial charge on any atom is -0.262 e. The minimum atomic E-state index is -4.57. The molecule has 0 saturated carbocycles. The van der Waals surface area contributed by atoms with Crippen LogP contribution in [0.25, 0.3) is 0 Å². The molecule has 2 rings (SSSR count). The van der Waals surface area contributed by atoms with E-state index in [1.54, 1.807) is 6.92 Å². The van der Waals surface area contributed by atoms with Crippen molar-refractivity contribution in [1.82, 2.24) is 0 Å². The molecular formula is C15H17N3O6S. The van der Waals surface area contributed by atoms with Crippen LogP contribution in [0, 0.1) is 20.2 Å². The lowest BCUT2D eigenvalue weighted by Gasteiger charge is -2.30. The van der Waals surface area contributed by atoms with Crippen molar-refractivity contribution in [3.05, 3.63) is 68.3 Å². The summed E-state index contributed by atoms with van der Waals surface area (Å²) in [5, 5.41) is 22.9. The lowest BCUT2D eigenvalue weighted by atomic mass is 10.0. The zero-order valence-corrected chi connectivity index (χ0v) is 14.5. The topological polar surface area (TPSA) is 124 Å². The van der Waals surface area contributed by atoms with E-state index in [-0.39, 0.29) is 18.7 Å². The molecule has 1 aromatic rings. The number of hydrogen-bond acceptors (Lipinski definition) is 6. The van der Waals surface area contributed by atoms with Crippen LogP contribution < -0.4 is 4.31 Å². The Kier molecular flexibility index (Phi) is 4.93. The fourth-order valence-electron chi connectivity index (χ4n) is 2.62. The maximum atomic E-state index is 13.1. The standard InChI is InChI=1S/C15H17N3O6S/c1-3-16(13-6-4-5-7-14(13)17(19)20)25(23,24)15(18(21)22)10-8-12(2)9-11-15/h4-10H,3,11H2,1-2H3. The van der Waals surface area contributed by atoms with Crippen LogP contribution in [0.4, 0.5) is 11.4 Å². The van der Waals surface area contributed by atoms with Crippen LogP contribution in [-0.2, 0) is 10.0 Å². The van der Waals surface area contributed by atoms with E-state index in [0.717, 1.165) is 16.4 Å². The Morgan fingerprint density at radius 2 is 1.88 bits per heavy atom. The third kappa shape index (κ3) is 3.00. The molecule has 0 saturated heterocycles. The molecule has 1 aromatic carbocycles. The first kappa shape index (κ1) is 18.6. The van der Waals surface area contributed by atoms with Gasteiger partial charge in [0.2, 0.25) is 0 Å². The summed E-state index contributed by atoms with van der Waals surface area (Å²) in [5.41, 5.74) is 0.0789. The van der Waals surface area contributed by atoms with Crippen LogP contribution in [0.1, 0.15) is 20.3 Å². The summed E-state index contributed by atoms with van der Waals surface area (Å²) in [6.45, 7) is 2.99. The average Bonchev–Trinajstić information content (AvgIpc) is 2.56. The maximum absolute atomic E-state index is 13.1. The van der Waals surface area contributed by atoms with E-state index < -0.39 is 30.4 Å². The summed E-state index contributed by atoms with van der Waals surface area (Å²) in [6.07, 6.45) is 3.53. The zero-order valence-electron chi connectivity index (χ0n) is 13.7. The smallest absolute Gasteiger partial charge is 0.262 e. The number of nitro groups is 2. The molecule has 10 heteroatoms. The predicted molar refractivity (Wildman–Crippen MR) is 92.3 cm³/mol. The van der Waals surface area contributed by atoms with Gasteiger partial charge < -0.3 is 0 Å². The second-order valence-corrected chi connectivity index (χ2v) is 7.60. The van der Waals surface area contributed by atoms with Crippen LogP contribution in [-0.4, -0.2) is 29.7 Å². The maximum Gasteiger partial charge on any atom is 0.359 e. The molecule has 0 aliphatic heterocycles. The van der Waals surface area contributed by atoms with Crippen LogP contribution in [0.5, 0.6) is 0 Å². The van der Waals surface area contributed by atoms with Crippen molar-refractivity contribution >= 4 is 21.4 Å². The molecule has 0 N–H and O–H groups in total. The van der Waals surface area contributed by atoms with Crippen LogP contribution in [0.3, 0.4) is 0 Å². The third-order valence-electron chi connectivity index (χ3n) is 4.00. The van der Waals surface area contributed by atoms with Gasteiger partial charge in [-0.15, -0.1) is 0 Å². The normalized spacial score (nSPS) is 20.0. The van der Waals surface area contributed by atoms with Crippen LogP contribution in [0.2, 0.25) is 0 Å². The van der Waals surface area contributed by atoms with Crippen molar-refractivity contribution in [3.8, 4) is 0 Å². The van der Waals surface area contributed by atoms with Gasteiger partial charge in [-0.05, 0) is 19.9 Å². The summed E-state index contributed by atoms with van der Waals surface area (Å²) < 4.78 is 27.0. The van der Waals surface area contributed by atoms with Crippen molar-refractivity contribution in [2.75, 3.05) is 10.8 Å². The number of nitro benzene ring substituents is 1. The van der Waals surface area contributed by atoms with Crippen molar-refractivity contribution in [2.24, 2.45) is 0 Å². The van der Waals surface area contributed by atoms with E-state index in [0.29, 0.717) is 5.57 Å². The number of benzene rings is 1. The first-order valence-electron chi connectivity index (χ1n) is 7.43. The Labute approximate surface area is 144 Å². The Morgan fingerprint density at radius 3 is 2.36 bits per heavy atom.